The molecule has 0 saturated carbocycles. The van der Waals surface area contributed by atoms with Gasteiger partial charge in [0.1, 0.15) is 5.65 Å². The van der Waals surface area contributed by atoms with Crippen LogP contribution >= 0.6 is 0 Å². The molecule has 0 aliphatic carbocycles. The lowest BCUT2D eigenvalue weighted by Gasteiger charge is -2.34. The zero-order chi connectivity index (χ0) is 24.5. The Morgan fingerprint density at radius 2 is 1.49 bits per heavy atom. The van der Waals surface area contributed by atoms with Crippen molar-refractivity contribution in [3.63, 3.8) is 0 Å². The van der Waals surface area contributed by atoms with Crippen LogP contribution in [0.3, 0.4) is 0 Å². The van der Waals surface area contributed by atoms with Crippen LogP contribution in [0.4, 0.5) is 0 Å². The highest BCUT2D eigenvalue weighted by Crippen LogP contribution is 2.31. The Morgan fingerprint density at radius 3 is 2.11 bits per heavy atom. The van der Waals surface area contributed by atoms with Gasteiger partial charge in [-0.2, -0.15) is 0 Å². The van der Waals surface area contributed by atoms with Gasteiger partial charge in [-0.25, -0.2) is 4.98 Å². The van der Waals surface area contributed by atoms with Crippen molar-refractivity contribution >= 4 is 28.5 Å². The van der Waals surface area contributed by atoms with Crippen LogP contribution in [0.5, 0.6) is 0 Å². The monoisotopic (exact) mass is 465 g/mol. The normalized spacial score (nSPS) is 13.7. The van der Waals surface area contributed by atoms with Crippen LogP contribution in [0.2, 0.25) is 0 Å². The lowest BCUT2D eigenvalue weighted by atomic mass is 10.0. The first-order chi connectivity index (χ1) is 16.9. The number of carbonyl (C=O) groups is 2. The van der Waals surface area contributed by atoms with Gasteiger partial charge in [-0.05, 0) is 34.9 Å². The highest BCUT2D eigenvalue weighted by molar-refractivity contribution is 5.97. The average molecular weight is 466 g/mol. The highest BCUT2D eigenvalue weighted by Gasteiger charge is 2.23. The number of rotatable bonds is 4. The number of hydrogen-bond donors (Lipinski definition) is 2. The van der Waals surface area contributed by atoms with Crippen molar-refractivity contribution in [2.45, 2.75) is 6.92 Å². The van der Waals surface area contributed by atoms with Crippen molar-refractivity contribution in [3.8, 4) is 22.3 Å². The Balaban J connectivity index is 1.37. The summed E-state index contributed by atoms with van der Waals surface area (Å²) in [7, 11) is 0. The molecule has 1 aliphatic heterocycles. The standard InChI is InChI=1S/C28H27N5O2/c1-18(29)20-3-7-22(8-4-20)26-17-31-27-25(26)15-24(16-30-27)21-5-9-23(10-6-21)28(35)33-13-11-32(12-14-33)19(2)34/h3-10,15-17H,1,11-14,29H2,2H3,(H,30,31). The predicted octanol–water partition coefficient (Wildman–Crippen LogP) is 4.13. The summed E-state index contributed by atoms with van der Waals surface area (Å²) in [5.74, 6) is 0.0425. The van der Waals surface area contributed by atoms with Crippen molar-refractivity contribution < 1.29 is 9.59 Å². The van der Waals surface area contributed by atoms with Gasteiger partial charge in [-0.3, -0.25) is 9.59 Å². The summed E-state index contributed by atoms with van der Waals surface area (Å²) in [5.41, 5.74) is 12.8. The van der Waals surface area contributed by atoms with E-state index in [0.29, 0.717) is 37.4 Å². The Labute approximate surface area is 203 Å². The van der Waals surface area contributed by atoms with Gasteiger partial charge in [0, 0.05) is 73.3 Å². The summed E-state index contributed by atoms with van der Waals surface area (Å²) in [5, 5.41) is 1.02. The Bertz CT molecular complexity index is 1410. The number of piperazine rings is 1. The number of nitrogens with two attached hydrogens (primary N) is 1. The quantitative estimate of drug-likeness (QED) is 0.474. The first-order valence-corrected chi connectivity index (χ1v) is 11.6. The zero-order valence-electron chi connectivity index (χ0n) is 19.6. The molecule has 0 atom stereocenters. The van der Waals surface area contributed by atoms with Crippen LogP contribution in [0.15, 0.2) is 73.6 Å². The molecule has 3 N–H and O–H groups in total. The number of H-pyrrole nitrogens is 1. The van der Waals surface area contributed by atoms with E-state index in [1.165, 1.54) is 0 Å². The van der Waals surface area contributed by atoms with E-state index in [9.17, 15) is 9.59 Å². The summed E-state index contributed by atoms with van der Waals surface area (Å²) in [4.78, 5) is 35.9. The molecule has 4 aromatic rings. The van der Waals surface area contributed by atoms with E-state index < -0.39 is 0 Å². The minimum absolute atomic E-state index is 0.00939. The maximum Gasteiger partial charge on any atom is 0.253 e. The third kappa shape index (κ3) is 4.40. The van der Waals surface area contributed by atoms with Crippen molar-refractivity contribution in [2.24, 2.45) is 5.73 Å². The van der Waals surface area contributed by atoms with Gasteiger partial charge in [-0.15, -0.1) is 0 Å². The van der Waals surface area contributed by atoms with E-state index >= 15 is 0 Å². The topological polar surface area (TPSA) is 95.3 Å². The SMILES string of the molecule is C=C(N)c1ccc(-c2c[nH]c3ncc(-c4ccc(C(=O)N5CCN(C(C)=O)CC5)cc4)cc23)cc1. The summed E-state index contributed by atoms with van der Waals surface area (Å²) in [6.45, 7) is 7.61. The molecule has 2 amide bonds. The number of fused-ring (bicyclic) bond motifs is 1. The van der Waals surface area contributed by atoms with Crippen molar-refractivity contribution in [2.75, 3.05) is 26.2 Å². The fraction of sp³-hybridized carbons (Fsp3) is 0.179. The smallest absolute Gasteiger partial charge is 0.253 e. The van der Waals surface area contributed by atoms with Crippen LogP contribution in [-0.2, 0) is 4.79 Å². The van der Waals surface area contributed by atoms with E-state index in [4.69, 9.17) is 5.73 Å². The molecule has 0 radical (unpaired) electrons. The summed E-state index contributed by atoms with van der Waals surface area (Å²) in [6, 6.07) is 17.7. The number of nitrogens with zero attached hydrogens (tertiary/aromatic N) is 3. The van der Waals surface area contributed by atoms with Gasteiger partial charge in [0.05, 0.1) is 0 Å². The first-order valence-electron chi connectivity index (χ1n) is 11.6. The molecule has 0 spiro atoms. The molecule has 3 heterocycles. The van der Waals surface area contributed by atoms with Crippen molar-refractivity contribution in [1.82, 2.24) is 19.8 Å². The second-order valence-electron chi connectivity index (χ2n) is 8.80. The molecule has 1 aliphatic rings. The Morgan fingerprint density at radius 1 is 0.886 bits per heavy atom. The van der Waals surface area contributed by atoms with Gasteiger partial charge < -0.3 is 20.5 Å². The van der Waals surface area contributed by atoms with E-state index in [1.807, 2.05) is 60.9 Å². The largest absolute Gasteiger partial charge is 0.399 e. The summed E-state index contributed by atoms with van der Waals surface area (Å²) < 4.78 is 0. The van der Waals surface area contributed by atoms with Crippen molar-refractivity contribution in [3.05, 3.63) is 84.7 Å². The number of nitrogens with one attached hydrogen (secondary N) is 1. The molecule has 2 aromatic heterocycles. The molecule has 0 bridgehead atoms. The number of pyridine rings is 1. The van der Waals surface area contributed by atoms with Gasteiger partial charge in [0.15, 0.2) is 0 Å². The third-order valence-electron chi connectivity index (χ3n) is 6.58. The third-order valence-corrected chi connectivity index (χ3v) is 6.58. The summed E-state index contributed by atoms with van der Waals surface area (Å²) in [6.07, 6.45) is 3.79. The fourth-order valence-electron chi connectivity index (χ4n) is 4.48. The number of amides is 2. The number of aromatic amines is 1. The minimum Gasteiger partial charge on any atom is -0.399 e. The molecule has 0 unspecified atom stereocenters. The van der Waals surface area contributed by atoms with Gasteiger partial charge in [0.25, 0.3) is 5.91 Å². The van der Waals surface area contributed by atoms with Crippen molar-refractivity contribution in [1.29, 1.82) is 0 Å². The van der Waals surface area contributed by atoms with E-state index in [0.717, 1.165) is 38.9 Å². The van der Waals surface area contributed by atoms with Gasteiger partial charge in [0.2, 0.25) is 5.91 Å². The molecule has 35 heavy (non-hydrogen) atoms. The number of hydrogen-bond acceptors (Lipinski definition) is 4. The van der Waals surface area contributed by atoms with E-state index in [1.54, 1.807) is 16.7 Å². The van der Waals surface area contributed by atoms with Crippen LogP contribution in [-0.4, -0.2) is 57.8 Å². The maximum atomic E-state index is 12.9. The molecule has 7 heteroatoms. The van der Waals surface area contributed by atoms with Crippen LogP contribution in [0.1, 0.15) is 22.8 Å². The second kappa shape index (κ2) is 9.10. The molecular weight excluding hydrogens is 438 g/mol. The Hall–Kier alpha value is -4.39. The maximum absolute atomic E-state index is 12.9. The highest BCUT2D eigenvalue weighted by atomic mass is 16.2. The molecule has 2 aromatic carbocycles. The molecule has 1 fully saturated rings. The van der Waals surface area contributed by atoms with Crippen LogP contribution in [0, 0.1) is 0 Å². The number of aromatic nitrogens is 2. The first kappa shape index (κ1) is 22.4. The second-order valence-corrected chi connectivity index (χ2v) is 8.80. The van der Waals surface area contributed by atoms with Crippen LogP contribution < -0.4 is 5.73 Å². The molecular formula is C28H27N5O2. The van der Waals surface area contributed by atoms with E-state index in [-0.39, 0.29) is 11.8 Å². The Kier molecular flexibility index (Phi) is 5.82. The van der Waals surface area contributed by atoms with Gasteiger partial charge >= 0.3 is 0 Å². The fourth-order valence-corrected chi connectivity index (χ4v) is 4.48. The molecule has 5 rings (SSSR count). The van der Waals surface area contributed by atoms with Crippen LogP contribution in [0.25, 0.3) is 39.0 Å². The zero-order valence-corrected chi connectivity index (χ0v) is 19.6. The van der Waals surface area contributed by atoms with Gasteiger partial charge in [-0.1, -0.05) is 43.0 Å². The van der Waals surface area contributed by atoms with E-state index in [2.05, 4.69) is 22.6 Å². The number of carbonyl (C=O) groups excluding carboxylic acids is 2. The predicted molar refractivity (Wildman–Crippen MR) is 138 cm³/mol. The average Bonchev–Trinajstić information content (AvgIpc) is 3.32. The molecule has 1 saturated heterocycles. The lowest BCUT2D eigenvalue weighted by molar-refractivity contribution is -0.130. The number of benzene rings is 2. The minimum atomic E-state index is -0.00939. The molecule has 176 valence electrons. The molecule has 7 nitrogen and oxygen atoms in total. The summed E-state index contributed by atoms with van der Waals surface area (Å²) >= 11 is 0. The lowest BCUT2D eigenvalue weighted by Crippen LogP contribution is -2.50.